The van der Waals surface area contributed by atoms with Gasteiger partial charge in [0, 0.05) is 26.4 Å². The molecule has 146 valence electrons. The van der Waals surface area contributed by atoms with Crippen LogP contribution in [0.1, 0.15) is 27.7 Å². The maximum atomic E-state index is 5.39. The highest BCUT2D eigenvalue weighted by Gasteiger charge is 2.08. The van der Waals surface area contributed by atoms with E-state index in [0.717, 1.165) is 0 Å². The third-order valence-electron chi connectivity index (χ3n) is 2.55. The van der Waals surface area contributed by atoms with E-state index in [-0.39, 0.29) is 0 Å². The molecular formula is C16H34O8. The Morgan fingerprint density at radius 1 is 0.417 bits per heavy atom. The van der Waals surface area contributed by atoms with Gasteiger partial charge in [-0.3, -0.25) is 0 Å². The van der Waals surface area contributed by atoms with Crippen LogP contribution in [0.4, 0.5) is 0 Å². The van der Waals surface area contributed by atoms with Crippen LogP contribution in [0.5, 0.6) is 0 Å². The summed E-state index contributed by atoms with van der Waals surface area (Å²) in [6.07, 6.45) is 0. The molecule has 8 heteroatoms. The molecule has 0 bridgehead atoms. The van der Waals surface area contributed by atoms with E-state index in [1.807, 2.05) is 27.7 Å². The quantitative estimate of drug-likeness (QED) is 0.257. The van der Waals surface area contributed by atoms with Gasteiger partial charge in [0.2, 0.25) is 0 Å². The fraction of sp³-hybridized carbons (Fsp3) is 1.00. The van der Waals surface area contributed by atoms with Crippen LogP contribution in [0.3, 0.4) is 0 Å². The Morgan fingerprint density at radius 3 is 1.00 bits per heavy atom. The molecule has 0 aromatic rings. The monoisotopic (exact) mass is 354 g/mol. The van der Waals surface area contributed by atoms with Gasteiger partial charge in [-0.25, -0.2) is 0 Å². The highest BCUT2D eigenvalue weighted by molar-refractivity contribution is 4.35. The van der Waals surface area contributed by atoms with Gasteiger partial charge < -0.3 is 37.9 Å². The van der Waals surface area contributed by atoms with Crippen molar-refractivity contribution in [2.45, 2.75) is 40.6 Å². The summed E-state index contributed by atoms with van der Waals surface area (Å²) in [5, 5.41) is 0. The van der Waals surface area contributed by atoms with Crippen molar-refractivity contribution < 1.29 is 37.9 Å². The first-order chi connectivity index (χ1) is 11.8. The molecule has 0 radical (unpaired) electrons. The van der Waals surface area contributed by atoms with Crippen LogP contribution in [0.2, 0.25) is 0 Å². The van der Waals surface area contributed by atoms with Gasteiger partial charge in [0.1, 0.15) is 0 Å². The maximum Gasteiger partial charge on any atom is 0.271 e. The zero-order chi connectivity index (χ0) is 17.9. The Kier molecular flexibility index (Phi) is 18.8. The first-order valence-corrected chi connectivity index (χ1v) is 8.63. The summed E-state index contributed by atoms with van der Waals surface area (Å²) in [5.74, 6) is 0. The van der Waals surface area contributed by atoms with Crippen LogP contribution in [-0.2, 0) is 37.9 Å². The second-order valence-electron chi connectivity index (χ2n) is 4.37. The number of hydrogen-bond donors (Lipinski definition) is 0. The predicted molar refractivity (Wildman–Crippen MR) is 87.6 cm³/mol. The van der Waals surface area contributed by atoms with E-state index in [1.165, 1.54) is 0 Å². The second-order valence-corrected chi connectivity index (χ2v) is 4.37. The molecule has 0 amide bonds. The topological polar surface area (TPSA) is 73.8 Å². The Bertz CT molecular complexity index is 206. The Labute approximate surface area is 145 Å². The molecule has 24 heavy (non-hydrogen) atoms. The molecule has 0 N–H and O–H groups in total. The normalized spacial score (nSPS) is 11.8. The smallest absolute Gasteiger partial charge is 0.271 e. The van der Waals surface area contributed by atoms with Crippen LogP contribution in [-0.4, -0.2) is 79.0 Å². The summed E-state index contributed by atoms with van der Waals surface area (Å²) in [5.41, 5.74) is 0. The molecule has 0 atom stereocenters. The average Bonchev–Trinajstić information content (AvgIpc) is 2.57. The Hall–Kier alpha value is -0.320. The molecule has 0 aromatic carbocycles. The lowest BCUT2D eigenvalue weighted by atomic mass is 10.7. The van der Waals surface area contributed by atoms with Crippen molar-refractivity contribution in [3.05, 3.63) is 0 Å². The summed E-state index contributed by atoms with van der Waals surface area (Å²) >= 11 is 0. The van der Waals surface area contributed by atoms with Crippen molar-refractivity contribution in [2.75, 3.05) is 66.1 Å². The fourth-order valence-electron chi connectivity index (χ4n) is 1.56. The lowest BCUT2D eigenvalue weighted by Crippen LogP contribution is -2.24. The van der Waals surface area contributed by atoms with E-state index in [2.05, 4.69) is 0 Å². The maximum absolute atomic E-state index is 5.39. The van der Waals surface area contributed by atoms with Crippen molar-refractivity contribution in [1.29, 1.82) is 0 Å². The first-order valence-electron chi connectivity index (χ1n) is 8.63. The number of ether oxygens (including phenoxy) is 8. The minimum Gasteiger partial charge on any atom is -0.377 e. The van der Waals surface area contributed by atoms with Gasteiger partial charge in [-0.05, 0) is 27.7 Å². The highest BCUT2D eigenvalue weighted by atomic mass is 16.8. The summed E-state index contributed by atoms with van der Waals surface area (Å²) in [6.45, 7) is 11.1. The lowest BCUT2D eigenvalue weighted by molar-refractivity contribution is -0.288. The van der Waals surface area contributed by atoms with Crippen molar-refractivity contribution in [3.63, 3.8) is 0 Å². The lowest BCUT2D eigenvalue weighted by Gasteiger charge is -2.17. The molecular weight excluding hydrogens is 320 g/mol. The first kappa shape index (κ1) is 23.7. The van der Waals surface area contributed by atoms with Gasteiger partial charge >= 0.3 is 0 Å². The SMILES string of the molecule is CCOC(OCC)OCCOCCOCCOC(OCC)OCC. The zero-order valence-corrected chi connectivity index (χ0v) is 15.5. The summed E-state index contributed by atoms with van der Waals surface area (Å²) in [6, 6.07) is 0. The third kappa shape index (κ3) is 15.2. The molecule has 0 spiro atoms. The molecule has 0 aromatic heterocycles. The van der Waals surface area contributed by atoms with E-state index in [1.54, 1.807) is 0 Å². The molecule has 0 saturated carbocycles. The molecule has 0 aliphatic heterocycles. The molecule has 0 unspecified atom stereocenters. The molecule has 0 saturated heterocycles. The second kappa shape index (κ2) is 19.0. The zero-order valence-electron chi connectivity index (χ0n) is 15.5. The third-order valence-corrected chi connectivity index (χ3v) is 2.55. The molecule has 0 heterocycles. The van der Waals surface area contributed by atoms with E-state index in [4.69, 9.17) is 37.9 Å². The standard InChI is InChI=1S/C16H34O8/c1-5-19-15(20-6-2)23-13-11-17-9-10-18-12-14-24-16(21-7-3)22-8-4/h15-16H,5-14H2,1-4H3. The van der Waals surface area contributed by atoms with Gasteiger partial charge in [0.25, 0.3) is 13.0 Å². The Morgan fingerprint density at radius 2 is 0.708 bits per heavy atom. The van der Waals surface area contributed by atoms with E-state index >= 15 is 0 Å². The van der Waals surface area contributed by atoms with Gasteiger partial charge in [-0.15, -0.1) is 0 Å². The minimum absolute atomic E-state index is 0.401. The van der Waals surface area contributed by atoms with Crippen LogP contribution in [0.15, 0.2) is 0 Å². The average molecular weight is 354 g/mol. The molecule has 0 fully saturated rings. The molecule has 8 nitrogen and oxygen atoms in total. The Balaban J connectivity index is 3.38. The fourth-order valence-corrected chi connectivity index (χ4v) is 1.56. The molecule has 0 aliphatic rings. The summed E-state index contributed by atoms with van der Waals surface area (Å²) < 4.78 is 42.5. The predicted octanol–water partition coefficient (Wildman–Crippen LogP) is 1.77. The summed E-state index contributed by atoms with van der Waals surface area (Å²) in [4.78, 5) is 0. The van der Waals surface area contributed by atoms with Crippen molar-refractivity contribution >= 4 is 0 Å². The van der Waals surface area contributed by atoms with Crippen molar-refractivity contribution in [2.24, 2.45) is 0 Å². The van der Waals surface area contributed by atoms with Crippen molar-refractivity contribution in [1.82, 2.24) is 0 Å². The van der Waals surface area contributed by atoms with Gasteiger partial charge in [-0.1, -0.05) is 0 Å². The van der Waals surface area contributed by atoms with Crippen LogP contribution in [0.25, 0.3) is 0 Å². The van der Waals surface area contributed by atoms with Crippen LogP contribution < -0.4 is 0 Å². The van der Waals surface area contributed by atoms with E-state index in [9.17, 15) is 0 Å². The van der Waals surface area contributed by atoms with E-state index in [0.29, 0.717) is 66.1 Å². The minimum atomic E-state index is -0.624. The highest BCUT2D eigenvalue weighted by Crippen LogP contribution is 1.98. The number of hydrogen-bond acceptors (Lipinski definition) is 8. The molecule has 0 aliphatic carbocycles. The van der Waals surface area contributed by atoms with Gasteiger partial charge in [0.15, 0.2) is 0 Å². The van der Waals surface area contributed by atoms with Crippen molar-refractivity contribution in [3.8, 4) is 0 Å². The van der Waals surface area contributed by atoms with Crippen LogP contribution in [0, 0.1) is 0 Å². The number of rotatable bonds is 19. The summed E-state index contributed by atoms with van der Waals surface area (Å²) in [7, 11) is 0. The van der Waals surface area contributed by atoms with Gasteiger partial charge in [0.05, 0.1) is 39.6 Å². The molecule has 0 rings (SSSR count). The van der Waals surface area contributed by atoms with Crippen LogP contribution >= 0.6 is 0 Å². The van der Waals surface area contributed by atoms with Gasteiger partial charge in [-0.2, -0.15) is 0 Å². The largest absolute Gasteiger partial charge is 0.377 e. The van der Waals surface area contributed by atoms with E-state index < -0.39 is 13.0 Å².